The van der Waals surface area contributed by atoms with E-state index < -0.39 is 5.97 Å². The second kappa shape index (κ2) is 6.51. The van der Waals surface area contributed by atoms with Crippen molar-refractivity contribution < 1.29 is 14.7 Å². The quantitative estimate of drug-likeness (QED) is 0.732. The zero-order valence-corrected chi connectivity index (χ0v) is 11.4. The van der Waals surface area contributed by atoms with Crippen LogP contribution in [0.25, 0.3) is 6.08 Å². The van der Waals surface area contributed by atoms with Gasteiger partial charge >= 0.3 is 5.97 Å². The summed E-state index contributed by atoms with van der Waals surface area (Å²) in [7, 11) is 0. The number of carbonyl (C=O) groups is 2. The zero-order valence-electron chi connectivity index (χ0n) is 11.4. The van der Waals surface area contributed by atoms with E-state index in [0.29, 0.717) is 5.56 Å². The van der Waals surface area contributed by atoms with Gasteiger partial charge in [0.1, 0.15) is 0 Å². The van der Waals surface area contributed by atoms with Gasteiger partial charge in [0.15, 0.2) is 0 Å². The number of aromatic amines is 1. The summed E-state index contributed by atoms with van der Waals surface area (Å²) in [5, 5.41) is 17.8. The molecule has 0 radical (unpaired) electrons. The smallest absolute Gasteiger partial charge is 0.328 e. The molecule has 1 aromatic carbocycles. The molecule has 1 atom stereocenters. The lowest BCUT2D eigenvalue weighted by Gasteiger charge is -2.14. The third-order valence-electron chi connectivity index (χ3n) is 2.94. The summed E-state index contributed by atoms with van der Waals surface area (Å²) in [6.45, 7) is 1.86. The Morgan fingerprint density at radius 3 is 2.90 bits per heavy atom. The van der Waals surface area contributed by atoms with Gasteiger partial charge < -0.3 is 10.4 Å². The first-order chi connectivity index (χ1) is 10.1. The number of hydrogen-bond acceptors (Lipinski definition) is 3. The van der Waals surface area contributed by atoms with Gasteiger partial charge in [0, 0.05) is 12.3 Å². The molecule has 0 fully saturated rings. The van der Waals surface area contributed by atoms with E-state index in [1.165, 1.54) is 18.5 Å². The minimum Gasteiger partial charge on any atom is -0.478 e. The monoisotopic (exact) mass is 285 g/mol. The maximum absolute atomic E-state index is 11.9. The maximum Gasteiger partial charge on any atom is 0.328 e. The van der Waals surface area contributed by atoms with Crippen LogP contribution in [0.5, 0.6) is 0 Å². The van der Waals surface area contributed by atoms with Crippen molar-refractivity contribution in [3.8, 4) is 0 Å². The Bertz CT molecular complexity index is 663. The molecule has 0 saturated carbocycles. The number of nitrogens with one attached hydrogen (secondary N) is 2. The standard InChI is InChI=1S/C15H15N3O3/c1-10(18-15(21)13-8-16-17-9-13)12-4-2-3-11(7-12)5-6-14(19)20/h2-10H,1H3,(H,16,17)(H,18,21)(H,19,20). The molecular weight excluding hydrogens is 270 g/mol. The van der Waals surface area contributed by atoms with Crippen molar-refractivity contribution in [2.45, 2.75) is 13.0 Å². The summed E-state index contributed by atoms with van der Waals surface area (Å²) in [5.41, 5.74) is 2.11. The molecule has 0 aliphatic rings. The minimum absolute atomic E-state index is 0.203. The summed E-state index contributed by atoms with van der Waals surface area (Å²) in [5.74, 6) is -1.22. The Kier molecular flexibility index (Phi) is 4.50. The van der Waals surface area contributed by atoms with E-state index in [4.69, 9.17) is 5.11 Å². The van der Waals surface area contributed by atoms with Crippen molar-refractivity contribution in [2.24, 2.45) is 0 Å². The minimum atomic E-state index is -0.998. The molecule has 1 amide bonds. The van der Waals surface area contributed by atoms with Gasteiger partial charge in [0.05, 0.1) is 17.8 Å². The second-order valence-corrected chi connectivity index (χ2v) is 4.52. The van der Waals surface area contributed by atoms with Crippen molar-refractivity contribution in [2.75, 3.05) is 0 Å². The fourth-order valence-corrected chi connectivity index (χ4v) is 1.84. The maximum atomic E-state index is 11.9. The number of aromatic nitrogens is 2. The Labute approximate surface area is 121 Å². The average molecular weight is 285 g/mol. The van der Waals surface area contributed by atoms with Gasteiger partial charge in [-0.25, -0.2) is 4.79 Å². The number of carboxylic acids is 1. The molecule has 6 heteroatoms. The Morgan fingerprint density at radius 2 is 2.24 bits per heavy atom. The molecule has 1 heterocycles. The molecule has 3 N–H and O–H groups in total. The lowest BCUT2D eigenvalue weighted by Crippen LogP contribution is -2.26. The molecule has 21 heavy (non-hydrogen) atoms. The van der Waals surface area contributed by atoms with Crippen LogP contribution in [0.2, 0.25) is 0 Å². The first-order valence-corrected chi connectivity index (χ1v) is 6.37. The third-order valence-corrected chi connectivity index (χ3v) is 2.94. The van der Waals surface area contributed by atoms with Crippen LogP contribution < -0.4 is 5.32 Å². The van der Waals surface area contributed by atoms with E-state index in [0.717, 1.165) is 17.2 Å². The fourth-order valence-electron chi connectivity index (χ4n) is 1.84. The molecule has 1 aromatic heterocycles. The number of carboxylic acid groups (broad SMARTS) is 1. The highest BCUT2D eigenvalue weighted by atomic mass is 16.4. The van der Waals surface area contributed by atoms with Gasteiger partial charge in [-0.3, -0.25) is 9.89 Å². The molecule has 1 unspecified atom stereocenters. The number of hydrogen-bond donors (Lipinski definition) is 3. The summed E-state index contributed by atoms with van der Waals surface area (Å²) < 4.78 is 0. The third kappa shape index (κ3) is 4.04. The second-order valence-electron chi connectivity index (χ2n) is 4.52. The number of H-pyrrole nitrogens is 1. The molecule has 0 aliphatic carbocycles. The normalized spacial score (nSPS) is 12.2. The molecule has 2 rings (SSSR count). The predicted molar refractivity (Wildman–Crippen MR) is 77.6 cm³/mol. The Balaban J connectivity index is 2.08. The average Bonchev–Trinajstić information content (AvgIpc) is 2.99. The van der Waals surface area contributed by atoms with Crippen molar-refractivity contribution >= 4 is 18.0 Å². The largest absolute Gasteiger partial charge is 0.478 e. The van der Waals surface area contributed by atoms with Crippen LogP contribution in [-0.2, 0) is 4.79 Å². The van der Waals surface area contributed by atoms with Crippen LogP contribution >= 0.6 is 0 Å². The molecule has 0 aliphatic heterocycles. The predicted octanol–water partition coefficient (Wildman–Crippen LogP) is 2.00. The zero-order chi connectivity index (χ0) is 15.2. The lowest BCUT2D eigenvalue weighted by molar-refractivity contribution is -0.131. The molecule has 108 valence electrons. The highest BCUT2D eigenvalue weighted by Gasteiger charge is 2.12. The number of nitrogens with zero attached hydrogens (tertiary/aromatic N) is 1. The van der Waals surface area contributed by atoms with E-state index in [2.05, 4.69) is 15.5 Å². The summed E-state index contributed by atoms with van der Waals surface area (Å²) in [4.78, 5) is 22.4. The van der Waals surface area contributed by atoms with Crippen LogP contribution in [0.4, 0.5) is 0 Å². The van der Waals surface area contributed by atoms with E-state index in [-0.39, 0.29) is 11.9 Å². The van der Waals surface area contributed by atoms with Crippen LogP contribution in [-0.4, -0.2) is 27.2 Å². The molecule has 2 aromatic rings. The topological polar surface area (TPSA) is 95.1 Å². The van der Waals surface area contributed by atoms with Crippen LogP contribution in [0, 0.1) is 0 Å². The molecule has 6 nitrogen and oxygen atoms in total. The highest BCUT2D eigenvalue weighted by molar-refractivity contribution is 5.93. The van der Waals surface area contributed by atoms with Crippen LogP contribution in [0.3, 0.4) is 0 Å². The SMILES string of the molecule is CC(NC(=O)c1cn[nH]c1)c1cccc(C=CC(=O)O)c1. The van der Waals surface area contributed by atoms with Crippen molar-refractivity contribution in [3.63, 3.8) is 0 Å². The summed E-state index contributed by atoms with van der Waals surface area (Å²) in [6.07, 6.45) is 5.56. The van der Waals surface area contributed by atoms with Crippen molar-refractivity contribution in [1.29, 1.82) is 0 Å². The first kappa shape index (κ1) is 14.5. The highest BCUT2D eigenvalue weighted by Crippen LogP contribution is 2.15. The van der Waals surface area contributed by atoms with Crippen LogP contribution in [0.15, 0.2) is 42.7 Å². The first-order valence-electron chi connectivity index (χ1n) is 6.37. The van der Waals surface area contributed by atoms with Gasteiger partial charge in [-0.1, -0.05) is 18.2 Å². The molecular formula is C15H15N3O3. The fraction of sp³-hybridized carbons (Fsp3) is 0.133. The number of benzene rings is 1. The van der Waals surface area contributed by atoms with Crippen molar-refractivity contribution in [3.05, 3.63) is 59.4 Å². The van der Waals surface area contributed by atoms with Gasteiger partial charge in [0.25, 0.3) is 5.91 Å². The number of amides is 1. The van der Waals surface area contributed by atoms with E-state index in [1.807, 2.05) is 25.1 Å². The van der Waals surface area contributed by atoms with E-state index in [1.54, 1.807) is 6.07 Å². The number of rotatable bonds is 5. The molecule has 0 saturated heterocycles. The van der Waals surface area contributed by atoms with Gasteiger partial charge in [-0.05, 0) is 30.2 Å². The van der Waals surface area contributed by atoms with Gasteiger partial charge in [0.2, 0.25) is 0 Å². The van der Waals surface area contributed by atoms with E-state index >= 15 is 0 Å². The van der Waals surface area contributed by atoms with Crippen molar-refractivity contribution in [1.82, 2.24) is 15.5 Å². The Morgan fingerprint density at radius 1 is 1.43 bits per heavy atom. The summed E-state index contributed by atoms with van der Waals surface area (Å²) in [6, 6.07) is 7.12. The summed E-state index contributed by atoms with van der Waals surface area (Å²) >= 11 is 0. The lowest BCUT2D eigenvalue weighted by atomic mass is 10.0. The molecule has 0 bridgehead atoms. The van der Waals surface area contributed by atoms with E-state index in [9.17, 15) is 9.59 Å². The number of carbonyl (C=O) groups excluding carboxylic acids is 1. The molecule has 0 spiro atoms. The Hall–Kier alpha value is -2.89. The van der Waals surface area contributed by atoms with Gasteiger partial charge in [-0.2, -0.15) is 5.10 Å². The van der Waals surface area contributed by atoms with Gasteiger partial charge in [-0.15, -0.1) is 0 Å². The number of aliphatic carboxylic acids is 1. The van der Waals surface area contributed by atoms with Crippen LogP contribution in [0.1, 0.15) is 34.5 Å².